The second-order valence-electron chi connectivity index (χ2n) is 8.88. The van der Waals surface area contributed by atoms with Gasteiger partial charge < -0.3 is 15.2 Å². The van der Waals surface area contributed by atoms with E-state index in [0.29, 0.717) is 19.1 Å². The Balaban J connectivity index is 1.42. The van der Waals surface area contributed by atoms with Gasteiger partial charge in [-0.3, -0.25) is 14.1 Å². The van der Waals surface area contributed by atoms with E-state index >= 15 is 0 Å². The molecule has 0 spiro atoms. The molecule has 1 aliphatic rings. The molecule has 0 atom stereocenters. The standard InChI is InChI=1S/C25H32N4O3/c1-18(2)15-29-24(30)17-28(25(29)31)16-19-6-8-20(9-7-19)23-5-3-4-22(27-23)14-26-21-10-12-32-13-11-21/h3-9,17-18,21,26,30H,10-16H2,1-2H3. The molecule has 170 valence electrons. The van der Waals surface area contributed by atoms with Crippen molar-refractivity contribution in [1.29, 1.82) is 0 Å². The SMILES string of the molecule is CC(C)Cn1c(O)cn(Cc2ccc(-c3cccc(CNC4CCOCC4)n3)cc2)c1=O. The Labute approximate surface area is 188 Å². The Hall–Kier alpha value is -2.90. The maximum Gasteiger partial charge on any atom is 0.331 e. The summed E-state index contributed by atoms with van der Waals surface area (Å²) in [6.45, 7) is 7.36. The summed E-state index contributed by atoms with van der Waals surface area (Å²) in [6.07, 6.45) is 3.60. The first-order valence-corrected chi connectivity index (χ1v) is 11.3. The number of hydrogen-bond acceptors (Lipinski definition) is 5. The number of nitrogens with zero attached hydrogens (tertiary/aromatic N) is 3. The lowest BCUT2D eigenvalue weighted by Crippen LogP contribution is -2.34. The van der Waals surface area contributed by atoms with Gasteiger partial charge in [-0.25, -0.2) is 4.79 Å². The average molecular weight is 437 g/mol. The molecule has 1 aromatic carbocycles. The molecule has 1 saturated heterocycles. The van der Waals surface area contributed by atoms with Crippen LogP contribution in [0.25, 0.3) is 11.3 Å². The summed E-state index contributed by atoms with van der Waals surface area (Å²) in [5.41, 5.74) is 3.79. The van der Waals surface area contributed by atoms with Gasteiger partial charge in [0.1, 0.15) is 0 Å². The van der Waals surface area contributed by atoms with E-state index in [1.165, 1.54) is 10.8 Å². The van der Waals surface area contributed by atoms with Crippen LogP contribution in [0.1, 0.15) is 37.9 Å². The largest absolute Gasteiger partial charge is 0.493 e. The van der Waals surface area contributed by atoms with Gasteiger partial charge in [0.2, 0.25) is 5.88 Å². The number of rotatable bonds is 8. The molecule has 3 heterocycles. The molecule has 0 radical (unpaired) electrons. The van der Waals surface area contributed by atoms with Gasteiger partial charge >= 0.3 is 5.69 Å². The molecule has 2 aromatic heterocycles. The molecule has 0 aliphatic carbocycles. The number of ether oxygens (including phenoxy) is 1. The first kappa shape index (κ1) is 22.3. The van der Waals surface area contributed by atoms with Crippen LogP contribution in [0.4, 0.5) is 0 Å². The van der Waals surface area contributed by atoms with Crippen molar-refractivity contribution in [2.75, 3.05) is 13.2 Å². The van der Waals surface area contributed by atoms with Crippen LogP contribution in [0.3, 0.4) is 0 Å². The summed E-state index contributed by atoms with van der Waals surface area (Å²) >= 11 is 0. The normalized spacial score (nSPS) is 14.8. The molecule has 0 bridgehead atoms. The van der Waals surface area contributed by atoms with E-state index in [0.717, 1.165) is 55.1 Å². The molecule has 1 fully saturated rings. The summed E-state index contributed by atoms with van der Waals surface area (Å²) in [5.74, 6) is 0.291. The highest BCUT2D eigenvalue weighted by atomic mass is 16.5. The van der Waals surface area contributed by atoms with E-state index < -0.39 is 0 Å². The van der Waals surface area contributed by atoms with Crippen molar-refractivity contribution in [2.45, 2.75) is 52.4 Å². The number of nitrogens with one attached hydrogen (secondary N) is 1. The zero-order chi connectivity index (χ0) is 22.5. The van der Waals surface area contributed by atoms with Crippen LogP contribution in [-0.4, -0.2) is 38.5 Å². The highest BCUT2D eigenvalue weighted by Crippen LogP contribution is 2.19. The van der Waals surface area contributed by atoms with Crippen molar-refractivity contribution in [1.82, 2.24) is 19.4 Å². The number of aromatic hydroxyl groups is 1. The van der Waals surface area contributed by atoms with Crippen molar-refractivity contribution in [3.05, 3.63) is 70.4 Å². The van der Waals surface area contributed by atoms with Crippen LogP contribution in [0.2, 0.25) is 0 Å². The molecule has 4 rings (SSSR count). The number of imidazole rings is 1. The Morgan fingerprint density at radius 3 is 2.62 bits per heavy atom. The fraction of sp³-hybridized carbons (Fsp3) is 0.440. The summed E-state index contributed by atoms with van der Waals surface area (Å²) in [6, 6.07) is 14.7. The van der Waals surface area contributed by atoms with Crippen LogP contribution >= 0.6 is 0 Å². The fourth-order valence-corrected chi connectivity index (χ4v) is 4.03. The average Bonchev–Trinajstić information content (AvgIpc) is 3.06. The number of aromatic nitrogens is 3. The molecule has 32 heavy (non-hydrogen) atoms. The van der Waals surface area contributed by atoms with Gasteiger partial charge in [-0.05, 0) is 36.5 Å². The van der Waals surface area contributed by atoms with Gasteiger partial charge in [0, 0.05) is 37.9 Å². The summed E-state index contributed by atoms with van der Waals surface area (Å²) < 4.78 is 8.38. The van der Waals surface area contributed by atoms with Gasteiger partial charge in [-0.1, -0.05) is 44.2 Å². The third-order valence-corrected chi connectivity index (χ3v) is 5.77. The first-order chi connectivity index (χ1) is 15.5. The van der Waals surface area contributed by atoms with Crippen molar-refractivity contribution in [3.8, 4) is 17.1 Å². The van der Waals surface area contributed by atoms with E-state index in [4.69, 9.17) is 9.72 Å². The Morgan fingerprint density at radius 1 is 1.16 bits per heavy atom. The van der Waals surface area contributed by atoms with Gasteiger partial charge in [0.05, 0.1) is 24.1 Å². The molecule has 1 aliphatic heterocycles. The molecule has 3 aromatic rings. The summed E-state index contributed by atoms with van der Waals surface area (Å²) in [7, 11) is 0. The predicted octanol–water partition coefficient (Wildman–Crippen LogP) is 3.39. The zero-order valence-corrected chi connectivity index (χ0v) is 18.8. The van der Waals surface area contributed by atoms with E-state index in [2.05, 4.69) is 5.32 Å². The minimum atomic E-state index is -0.188. The monoisotopic (exact) mass is 436 g/mol. The minimum Gasteiger partial charge on any atom is -0.493 e. The molecule has 2 N–H and O–H groups in total. The number of hydrogen-bond donors (Lipinski definition) is 2. The van der Waals surface area contributed by atoms with Crippen LogP contribution in [-0.2, 0) is 24.4 Å². The lowest BCUT2D eigenvalue weighted by molar-refractivity contribution is 0.0775. The Bertz CT molecular complexity index is 1080. The van der Waals surface area contributed by atoms with Gasteiger partial charge in [-0.2, -0.15) is 0 Å². The van der Waals surface area contributed by atoms with Gasteiger partial charge in [-0.15, -0.1) is 0 Å². The van der Waals surface area contributed by atoms with E-state index in [1.54, 1.807) is 4.57 Å². The van der Waals surface area contributed by atoms with Crippen molar-refractivity contribution in [3.63, 3.8) is 0 Å². The lowest BCUT2D eigenvalue weighted by Gasteiger charge is -2.23. The van der Waals surface area contributed by atoms with Crippen LogP contribution in [0.15, 0.2) is 53.5 Å². The third kappa shape index (κ3) is 5.47. The molecule has 0 saturated carbocycles. The minimum absolute atomic E-state index is 0.00990. The maximum absolute atomic E-state index is 12.6. The highest BCUT2D eigenvalue weighted by Gasteiger charge is 2.14. The van der Waals surface area contributed by atoms with Crippen LogP contribution in [0, 0.1) is 5.92 Å². The van der Waals surface area contributed by atoms with Gasteiger partial charge in [0.15, 0.2) is 0 Å². The summed E-state index contributed by atoms with van der Waals surface area (Å²) in [5, 5.41) is 13.7. The number of benzene rings is 1. The molecule has 0 unspecified atom stereocenters. The van der Waals surface area contributed by atoms with E-state index in [9.17, 15) is 9.90 Å². The first-order valence-electron chi connectivity index (χ1n) is 11.3. The third-order valence-electron chi connectivity index (χ3n) is 5.77. The van der Waals surface area contributed by atoms with Crippen LogP contribution in [0.5, 0.6) is 5.88 Å². The smallest absolute Gasteiger partial charge is 0.331 e. The Morgan fingerprint density at radius 2 is 1.91 bits per heavy atom. The quantitative estimate of drug-likeness (QED) is 0.566. The summed E-state index contributed by atoms with van der Waals surface area (Å²) in [4.78, 5) is 17.4. The molecule has 0 amide bonds. The highest BCUT2D eigenvalue weighted by molar-refractivity contribution is 5.59. The second kappa shape index (κ2) is 10.1. The van der Waals surface area contributed by atoms with E-state index in [1.807, 2.05) is 56.3 Å². The van der Waals surface area contributed by atoms with Gasteiger partial charge in [0.25, 0.3) is 0 Å². The Kier molecular flexibility index (Phi) is 7.07. The zero-order valence-electron chi connectivity index (χ0n) is 18.8. The maximum atomic E-state index is 12.6. The molecule has 7 heteroatoms. The molecular formula is C25H32N4O3. The van der Waals surface area contributed by atoms with Crippen molar-refractivity contribution < 1.29 is 9.84 Å². The predicted molar refractivity (Wildman–Crippen MR) is 125 cm³/mol. The fourth-order valence-electron chi connectivity index (χ4n) is 4.03. The van der Waals surface area contributed by atoms with Crippen molar-refractivity contribution >= 4 is 0 Å². The number of pyridine rings is 1. The van der Waals surface area contributed by atoms with E-state index in [-0.39, 0.29) is 17.5 Å². The van der Waals surface area contributed by atoms with Crippen LogP contribution < -0.4 is 11.0 Å². The van der Waals surface area contributed by atoms with Crippen molar-refractivity contribution in [2.24, 2.45) is 5.92 Å². The molecular weight excluding hydrogens is 404 g/mol. The lowest BCUT2D eigenvalue weighted by atomic mass is 10.1. The topological polar surface area (TPSA) is 81.3 Å². The molecule has 7 nitrogen and oxygen atoms in total. The second-order valence-corrected chi connectivity index (χ2v) is 8.88.